The molecule has 0 bridgehead atoms. The zero-order chi connectivity index (χ0) is 39.1. The highest BCUT2D eigenvalue weighted by Crippen LogP contribution is 2.46. The second-order valence-electron chi connectivity index (χ2n) is 15.8. The van der Waals surface area contributed by atoms with Crippen molar-refractivity contribution in [3.8, 4) is 22.3 Å². The zero-order valence-electron chi connectivity index (χ0n) is 31.0. The first-order valence-electron chi connectivity index (χ1n) is 18.7. The maximum Gasteiger partial charge on any atom is 0.408 e. The molecule has 55 heavy (non-hydrogen) atoms. The smallest absolute Gasteiger partial charge is 0.408 e. The summed E-state index contributed by atoms with van der Waals surface area (Å²) in [6.45, 7) is 5.07. The molecule has 5 atom stereocenters. The van der Waals surface area contributed by atoms with Crippen molar-refractivity contribution in [1.82, 2.24) is 30.0 Å². The van der Waals surface area contributed by atoms with E-state index in [1.54, 1.807) is 27.0 Å². The van der Waals surface area contributed by atoms with Crippen molar-refractivity contribution in [3.63, 3.8) is 0 Å². The number of nitrogens with zero attached hydrogens (tertiary/aromatic N) is 3. The molecule has 3 aromatic heterocycles. The van der Waals surface area contributed by atoms with Gasteiger partial charge in [0.05, 0.1) is 23.1 Å². The van der Waals surface area contributed by atoms with Crippen molar-refractivity contribution in [2.45, 2.75) is 113 Å². The number of hydrogen-bond acceptors (Lipinski definition) is 11. The van der Waals surface area contributed by atoms with E-state index in [4.69, 9.17) is 4.74 Å². The number of rotatable bonds is 7. The molecule has 5 heterocycles. The third kappa shape index (κ3) is 8.43. The molecule has 2 aliphatic heterocycles. The van der Waals surface area contributed by atoms with E-state index in [1.165, 1.54) is 32.3 Å². The molecule has 7 rings (SSSR count). The fraction of sp³-hybridized carbons (Fsp3) is 0.526. The first-order valence-corrected chi connectivity index (χ1v) is 22.1. The van der Waals surface area contributed by atoms with E-state index in [0.717, 1.165) is 24.0 Å². The van der Waals surface area contributed by atoms with Crippen LogP contribution in [0.5, 0.6) is 0 Å². The summed E-state index contributed by atoms with van der Waals surface area (Å²) in [5, 5.41) is 17.2. The van der Waals surface area contributed by atoms with Gasteiger partial charge in [0, 0.05) is 24.4 Å². The lowest BCUT2D eigenvalue weighted by atomic mass is 10.0. The van der Waals surface area contributed by atoms with Crippen LogP contribution in [-0.2, 0) is 29.1 Å². The van der Waals surface area contributed by atoms with Gasteiger partial charge in [-0.1, -0.05) is 25.0 Å². The van der Waals surface area contributed by atoms with E-state index in [0.29, 0.717) is 36.8 Å². The normalized spacial score (nSPS) is 26.8. The number of carbonyl (C=O) groups is 4. The van der Waals surface area contributed by atoms with Crippen molar-refractivity contribution in [2.24, 2.45) is 5.92 Å². The van der Waals surface area contributed by atoms with Gasteiger partial charge in [-0.05, 0) is 104 Å². The Morgan fingerprint density at radius 3 is 2.42 bits per heavy atom. The minimum Gasteiger partial charge on any atom is -0.444 e. The van der Waals surface area contributed by atoms with Gasteiger partial charge in [0.15, 0.2) is 0 Å². The highest BCUT2D eigenvalue weighted by Gasteiger charge is 2.62. The van der Waals surface area contributed by atoms with Gasteiger partial charge in [-0.15, -0.1) is 0 Å². The number of nitrogens with one attached hydrogen (secondary N) is 3. The average molecular weight is 811 g/mol. The Labute approximate surface area is 327 Å². The second kappa shape index (κ2) is 15.3. The van der Waals surface area contributed by atoms with Crippen LogP contribution in [0.3, 0.4) is 0 Å². The Morgan fingerprint density at radius 1 is 1.02 bits per heavy atom. The minimum absolute atomic E-state index is 0.0247. The Morgan fingerprint density at radius 2 is 1.75 bits per heavy atom. The number of fused-ring (bicyclic) bond motifs is 2. The monoisotopic (exact) mass is 810 g/mol. The summed E-state index contributed by atoms with van der Waals surface area (Å²) in [6, 6.07) is 0.786. The summed E-state index contributed by atoms with van der Waals surface area (Å²) in [5.41, 5.74) is -0.0958. The Kier molecular flexibility index (Phi) is 10.8. The highest BCUT2D eigenvalue weighted by atomic mass is 32.2. The molecular weight excluding hydrogens is 765 g/mol. The molecule has 4 aliphatic rings. The lowest BCUT2D eigenvalue weighted by molar-refractivity contribution is -0.141. The van der Waals surface area contributed by atoms with Crippen LogP contribution in [0.25, 0.3) is 22.3 Å². The highest BCUT2D eigenvalue weighted by molar-refractivity contribution is 7.91. The number of carbonyl (C=O) groups excluding carboxylic acids is 4. The number of aromatic nitrogens is 2. The summed E-state index contributed by atoms with van der Waals surface area (Å²) in [7, 11) is -3.92. The van der Waals surface area contributed by atoms with Gasteiger partial charge in [0.2, 0.25) is 21.8 Å². The number of allylic oxidation sites excluding steroid dienone is 1. The summed E-state index contributed by atoms with van der Waals surface area (Å²) in [6.07, 6.45) is 8.77. The van der Waals surface area contributed by atoms with Gasteiger partial charge in [-0.3, -0.25) is 23.9 Å². The number of hydrogen-bond donors (Lipinski definition) is 3. The van der Waals surface area contributed by atoms with E-state index in [-0.39, 0.29) is 31.4 Å². The van der Waals surface area contributed by atoms with Crippen LogP contribution in [0.2, 0.25) is 0 Å². The number of amides is 4. The second-order valence-corrected chi connectivity index (χ2v) is 19.3. The van der Waals surface area contributed by atoms with E-state index < -0.39 is 74.3 Å². The molecule has 4 amide bonds. The number of sulfonamides is 1. The molecular formula is C38H46N6O8S3. The van der Waals surface area contributed by atoms with Crippen LogP contribution >= 0.6 is 22.7 Å². The fourth-order valence-corrected chi connectivity index (χ4v) is 10.1. The van der Waals surface area contributed by atoms with E-state index in [9.17, 15) is 32.4 Å². The van der Waals surface area contributed by atoms with Gasteiger partial charge in [-0.25, -0.2) is 17.9 Å². The van der Waals surface area contributed by atoms with Crippen LogP contribution in [-0.4, -0.2) is 81.9 Å². The predicted molar refractivity (Wildman–Crippen MR) is 209 cm³/mol. The molecule has 0 aromatic carbocycles. The van der Waals surface area contributed by atoms with Gasteiger partial charge in [0.1, 0.15) is 23.2 Å². The summed E-state index contributed by atoms with van der Waals surface area (Å²) in [5.74, 6) is -2.48. The standard InChI is InChI=1S/C38H46N6O8S3/c1-37(2,3)52-36(49)40-29-10-8-6-4-5-7-9-25-18-38(25,35(48)42-55(50,51)27-11-12-27)41-32(45)30-17-26(20-43(30)33(29)46)44-34(47)31(24-14-16-54-22-24)28(19-39-44)23-13-15-53-21-23/h7,9,13-16,19,21-22,25-27,29-30H,4-6,8,10-12,17-18,20H2,1-3H3,(H,40,49)(H,41,45)(H,42,48)/b9-7-/t25?,26?,29-,30-,38+/m0/s1. The van der Waals surface area contributed by atoms with E-state index in [1.807, 2.05) is 45.8 Å². The predicted octanol–water partition coefficient (Wildman–Crippen LogP) is 4.74. The van der Waals surface area contributed by atoms with Crippen molar-refractivity contribution >= 4 is 56.5 Å². The summed E-state index contributed by atoms with van der Waals surface area (Å²) >= 11 is 2.95. The molecule has 2 saturated carbocycles. The molecule has 17 heteroatoms. The summed E-state index contributed by atoms with van der Waals surface area (Å²) in [4.78, 5) is 71.7. The molecule has 14 nitrogen and oxygen atoms in total. The van der Waals surface area contributed by atoms with Crippen molar-refractivity contribution < 1.29 is 32.3 Å². The quantitative estimate of drug-likeness (QED) is 0.284. The van der Waals surface area contributed by atoms with Gasteiger partial charge >= 0.3 is 6.09 Å². The Hall–Kier alpha value is -4.35. The first-order chi connectivity index (χ1) is 26.2. The van der Waals surface area contributed by atoms with Crippen molar-refractivity contribution in [2.75, 3.05) is 6.54 Å². The van der Waals surface area contributed by atoms with Gasteiger partial charge in [-0.2, -0.15) is 27.8 Å². The largest absolute Gasteiger partial charge is 0.444 e. The molecule has 294 valence electrons. The minimum atomic E-state index is -3.92. The van der Waals surface area contributed by atoms with Crippen LogP contribution in [0.1, 0.15) is 84.6 Å². The van der Waals surface area contributed by atoms with Crippen LogP contribution in [0.4, 0.5) is 4.79 Å². The SMILES string of the molecule is CC(C)(C)OC(=O)N[C@H]1CCCCC/C=C\C2C[C@@]2(C(=O)NS(=O)(=O)C2CC2)NC(=O)[C@@H]2CC(n3ncc(-c4ccsc4)c(-c4ccsc4)c3=O)CN2C1=O. The van der Waals surface area contributed by atoms with Gasteiger partial charge < -0.3 is 20.3 Å². The molecule has 3 aromatic rings. The van der Waals surface area contributed by atoms with Crippen LogP contribution in [0, 0.1) is 5.92 Å². The molecule has 3 N–H and O–H groups in total. The molecule has 2 aliphatic carbocycles. The molecule has 0 spiro atoms. The molecule has 3 fully saturated rings. The topological polar surface area (TPSA) is 186 Å². The number of alkyl carbamates (subject to hydrolysis) is 1. The van der Waals surface area contributed by atoms with Crippen LogP contribution in [0.15, 0.2) is 56.8 Å². The first kappa shape index (κ1) is 38.9. The number of ether oxygens (including phenoxy) is 1. The van der Waals surface area contributed by atoms with E-state index >= 15 is 0 Å². The third-order valence-corrected chi connectivity index (χ3v) is 13.7. The molecule has 1 saturated heterocycles. The molecule has 2 unspecified atom stereocenters. The lowest BCUT2D eigenvalue weighted by Gasteiger charge is -2.30. The maximum absolute atomic E-state index is 14.6. The Bertz CT molecular complexity index is 2140. The van der Waals surface area contributed by atoms with Crippen molar-refractivity contribution in [3.05, 3.63) is 62.4 Å². The fourth-order valence-electron chi connectivity index (χ4n) is 7.45. The van der Waals surface area contributed by atoms with E-state index in [2.05, 4.69) is 20.5 Å². The maximum atomic E-state index is 14.6. The summed E-state index contributed by atoms with van der Waals surface area (Å²) < 4.78 is 34.8. The average Bonchev–Trinajstić information content (AvgIpc) is 3.82. The Balaban J connectivity index is 1.25. The lowest BCUT2D eigenvalue weighted by Crippen LogP contribution is -2.58. The zero-order valence-corrected chi connectivity index (χ0v) is 33.4. The van der Waals surface area contributed by atoms with Crippen molar-refractivity contribution in [1.29, 1.82) is 0 Å². The van der Waals surface area contributed by atoms with Crippen LogP contribution < -0.4 is 20.9 Å². The van der Waals surface area contributed by atoms with Gasteiger partial charge in [0.25, 0.3) is 11.5 Å². The third-order valence-electron chi connectivity index (χ3n) is 10.5. The number of thiophene rings is 2. The molecule has 0 radical (unpaired) electrons.